The molecule has 0 radical (unpaired) electrons. The zero-order valence-electron chi connectivity index (χ0n) is 16.2. The van der Waals surface area contributed by atoms with Gasteiger partial charge in [0, 0.05) is 18.6 Å². The van der Waals surface area contributed by atoms with E-state index in [2.05, 4.69) is 17.0 Å². The van der Waals surface area contributed by atoms with E-state index in [9.17, 15) is 5.11 Å². The molecular formula is C23H27NO4. The smallest absolute Gasteiger partial charge is 0.204 e. The first kappa shape index (κ1) is 17.8. The third-order valence-corrected chi connectivity index (χ3v) is 6.52. The average Bonchev–Trinajstić information content (AvgIpc) is 2.97. The van der Waals surface area contributed by atoms with E-state index in [-0.39, 0.29) is 6.10 Å². The van der Waals surface area contributed by atoms with E-state index in [0.717, 1.165) is 43.5 Å². The summed E-state index contributed by atoms with van der Waals surface area (Å²) in [5, 5.41) is 11.3. The number of para-hydroxylation sites is 1. The maximum Gasteiger partial charge on any atom is 0.204 e. The SMILES string of the molecule is COc1cccc2c1OC(CN1C3CCC1CC(O)(c1ccccc1)C3)CO2. The van der Waals surface area contributed by atoms with Gasteiger partial charge in [-0.3, -0.25) is 4.90 Å². The lowest BCUT2D eigenvalue weighted by molar-refractivity contribution is -0.0688. The van der Waals surface area contributed by atoms with Gasteiger partial charge in [-0.2, -0.15) is 0 Å². The van der Waals surface area contributed by atoms with Gasteiger partial charge in [-0.25, -0.2) is 0 Å². The van der Waals surface area contributed by atoms with E-state index in [1.807, 2.05) is 36.4 Å². The van der Waals surface area contributed by atoms with Crippen molar-refractivity contribution >= 4 is 0 Å². The lowest BCUT2D eigenvalue weighted by Crippen LogP contribution is -2.53. The van der Waals surface area contributed by atoms with Gasteiger partial charge in [0.25, 0.3) is 0 Å². The molecule has 3 heterocycles. The Morgan fingerprint density at radius 3 is 2.54 bits per heavy atom. The molecule has 3 aliphatic heterocycles. The van der Waals surface area contributed by atoms with Crippen molar-refractivity contribution in [1.82, 2.24) is 4.90 Å². The van der Waals surface area contributed by atoms with Crippen LogP contribution in [0.2, 0.25) is 0 Å². The molecular weight excluding hydrogens is 354 g/mol. The third kappa shape index (κ3) is 3.03. The molecule has 0 aromatic heterocycles. The highest BCUT2D eigenvalue weighted by Crippen LogP contribution is 2.46. The fourth-order valence-corrected chi connectivity index (χ4v) is 5.19. The number of hydrogen-bond acceptors (Lipinski definition) is 5. The minimum atomic E-state index is -0.719. The molecule has 5 heteroatoms. The minimum Gasteiger partial charge on any atom is -0.493 e. The lowest BCUT2D eigenvalue weighted by Gasteiger charge is -2.45. The van der Waals surface area contributed by atoms with E-state index in [0.29, 0.717) is 30.2 Å². The van der Waals surface area contributed by atoms with Crippen LogP contribution >= 0.6 is 0 Å². The van der Waals surface area contributed by atoms with Crippen molar-refractivity contribution < 1.29 is 19.3 Å². The molecule has 0 aliphatic carbocycles. The van der Waals surface area contributed by atoms with Crippen molar-refractivity contribution in [2.45, 2.75) is 49.5 Å². The lowest BCUT2D eigenvalue weighted by atomic mass is 9.80. The van der Waals surface area contributed by atoms with Crippen LogP contribution in [0.4, 0.5) is 0 Å². The fraction of sp³-hybridized carbons (Fsp3) is 0.478. The van der Waals surface area contributed by atoms with Gasteiger partial charge in [0.05, 0.1) is 12.7 Å². The molecule has 0 spiro atoms. The minimum absolute atomic E-state index is 0.0326. The first-order valence-corrected chi connectivity index (χ1v) is 10.2. The summed E-state index contributed by atoms with van der Waals surface area (Å²) in [7, 11) is 1.65. The number of piperidine rings is 1. The van der Waals surface area contributed by atoms with Gasteiger partial charge in [0.2, 0.25) is 5.75 Å². The topological polar surface area (TPSA) is 51.2 Å². The first-order chi connectivity index (χ1) is 13.7. The molecule has 5 nitrogen and oxygen atoms in total. The van der Waals surface area contributed by atoms with E-state index in [1.165, 1.54) is 0 Å². The zero-order valence-corrected chi connectivity index (χ0v) is 16.2. The summed E-state index contributed by atoms with van der Waals surface area (Å²) in [6.07, 6.45) is 3.79. The molecule has 2 saturated heterocycles. The van der Waals surface area contributed by atoms with Crippen LogP contribution in [0.25, 0.3) is 0 Å². The number of aliphatic hydroxyl groups is 1. The van der Waals surface area contributed by atoms with Crippen molar-refractivity contribution in [3.05, 3.63) is 54.1 Å². The maximum atomic E-state index is 11.3. The molecule has 2 bridgehead atoms. The van der Waals surface area contributed by atoms with Gasteiger partial charge >= 0.3 is 0 Å². The van der Waals surface area contributed by atoms with Gasteiger partial charge < -0.3 is 19.3 Å². The standard InChI is InChI=1S/C23H27NO4/c1-26-20-8-5-9-21-22(20)28-19(15-27-21)14-24-17-10-11-18(24)13-23(25,12-17)16-6-3-2-4-7-16/h2-9,17-19,25H,10-15H2,1H3. The number of hydrogen-bond donors (Lipinski definition) is 1. The predicted molar refractivity (Wildman–Crippen MR) is 106 cm³/mol. The number of fused-ring (bicyclic) bond motifs is 3. The highest BCUT2D eigenvalue weighted by atomic mass is 16.6. The summed E-state index contributed by atoms with van der Waals surface area (Å²) < 4.78 is 17.6. The van der Waals surface area contributed by atoms with Gasteiger partial charge in [0.1, 0.15) is 12.7 Å². The monoisotopic (exact) mass is 381 g/mol. The Balaban J connectivity index is 1.30. The van der Waals surface area contributed by atoms with E-state index in [1.54, 1.807) is 7.11 Å². The van der Waals surface area contributed by atoms with Crippen LogP contribution in [0.1, 0.15) is 31.2 Å². The van der Waals surface area contributed by atoms with Crippen LogP contribution in [-0.4, -0.2) is 48.5 Å². The van der Waals surface area contributed by atoms with Crippen LogP contribution in [0, 0.1) is 0 Å². The summed E-state index contributed by atoms with van der Waals surface area (Å²) in [6.45, 7) is 1.36. The summed E-state index contributed by atoms with van der Waals surface area (Å²) in [6, 6.07) is 16.6. The number of methoxy groups -OCH3 is 1. The number of nitrogens with zero attached hydrogens (tertiary/aromatic N) is 1. The predicted octanol–water partition coefficient (Wildman–Crippen LogP) is 3.35. The van der Waals surface area contributed by atoms with Gasteiger partial charge in [-0.05, 0) is 43.4 Å². The molecule has 5 rings (SSSR count). The highest BCUT2D eigenvalue weighted by molar-refractivity contribution is 5.52. The summed E-state index contributed by atoms with van der Waals surface area (Å²) in [5.41, 5.74) is 0.325. The second-order valence-corrected chi connectivity index (χ2v) is 8.23. The summed E-state index contributed by atoms with van der Waals surface area (Å²) in [5.74, 6) is 2.16. The van der Waals surface area contributed by atoms with E-state index in [4.69, 9.17) is 14.2 Å². The van der Waals surface area contributed by atoms with Crippen LogP contribution in [0.5, 0.6) is 17.2 Å². The fourth-order valence-electron chi connectivity index (χ4n) is 5.19. The van der Waals surface area contributed by atoms with Gasteiger partial charge in [-0.15, -0.1) is 0 Å². The van der Waals surface area contributed by atoms with Gasteiger partial charge in [-0.1, -0.05) is 36.4 Å². The van der Waals surface area contributed by atoms with Gasteiger partial charge in [0.15, 0.2) is 11.5 Å². The molecule has 3 atom stereocenters. The molecule has 2 fully saturated rings. The Hall–Kier alpha value is -2.24. The van der Waals surface area contributed by atoms with Crippen LogP contribution in [0.15, 0.2) is 48.5 Å². The highest BCUT2D eigenvalue weighted by Gasteiger charge is 2.49. The zero-order chi connectivity index (χ0) is 19.1. The molecule has 3 unspecified atom stereocenters. The van der Waals surface area contributed by atoms with Crippen molar-refractivity contribution in [1.29, 1.82) is 0 Å². The molecule has 0 amide bonds. The largest absolute Gasteiger partial charge is 0.493 e. The van der Waals surface area contributed by atoms with Crippen molar-refractivity contribution in [2.75, 3.05) is 20.3 Å². The number of benzene rings is 2. The Morgan fingerprint density at radius 1 is 1.07 bits per heavy atom. The number of rotatable bonds is 4. The van der Waals surface area contributed by atoms with E-state index >= 15 is 0 Å². The third-order valence-electron chi connectivity index (χ3n) is 6.52. The Bertz CT molecular complexity index is 812. The Labute approximate surface area is 165 Å². The molecule has 0 saturated carbocycles. The molecule has 2 aromatic rings. The van der Waals surface area contributed by atoms with Crippen molar-refractivity contribution in [3.8, 4) is 17.2 Å². The van der Waals surface area contributed by atoms with E-state index < -0.39 is 5.60 Å². The van der Waals surface area contributed by atoms with Crippen LogP contribution < -0.4 is 14.2 Å². The molecule has 1 N–H and O–H groups in total. The second-order valence-electron chi connectivity index (χ2n) is 8.23. The summed E-state index contributed by atoms with van der Waals surface area (Å²) in [4.78, 5) is 2.53. The number of ether oxygens (including phenoxy) is 3. The molecule has 148 valence electrons. The maximum absolute atomic E-state index is 11.3. The molecule has 28 heavy (non-hydrogen) atoms. The van der Waals surface area contributed by atoms with Crippen LogP contribution in [-0.2, 0) is 5.60 Å². The molecule has 3 aliphatic rings. The summed E-state index contributed by atoms with van der Waals surface area (Å²) >= 11 is 0. The molecule has 2 aromatic carbocycles. The van der Waals surface area contributed by atoms with Crippen molar-refractivity contribution in [3.63, 3.8) is 0 Å². The average molecular weight is 381 g/mol. The van der Waals surface area contributed by atoms with Crippen molar-refractivity contribution in [2.24, 2.45) is 0 Å². The Morgan fingerprint density at radius 2 is 1.82 bits per heavy atom. The van der Waals surface area contributed by atoms with Crippen LogP contribution in [0.3, 0.4) is 0 Å². The normalized spacial score (nSPS) is 31.6. The first-order valence-electron chi connectivity index (χ1n) is 10.2. The Kier molecular flexibility index (Phi) is 4.44. The second kappa shape index (κ2) is 6.98. The quantitative estimate of drug-likeness (QED) is 0.880.